The number of ether oxygens (including phenoxy) is 2. The first-order valence-corrected chi connectivity index (χ1v) is 7.90. The summed E-state index contributed by atoms with van der Waals surface area (Å²) in [6, 6.07) is 5.50. The van der Waals surface area contributed by atoms with Gasteiger partial charge in [0.05, 0.1) is 22.8 Å². The zero-order valence-electron chi connectivity index (χ0n) is 12.4. The summed E-state index contributed by atoms with van der Waals surface area (Å²) >= 11 is 12.1. The Balaban J connectivity index is 2.09. The van der Waals surface area contributed by atoms with Crippen LogP contribution in [0.4, 0.5) is 0 Å². The van der Waals surface area contributed by atoms with Gasteiger partial charge in [0.15, 0.2) is 0 Å². The van der Waals surface area contributed by atoms with Crippen molar-refractivity contribution >= 4 is 29.1 Å². The number of halogens is 2. The van der Waals surface area contributed by atoms with Crippen molar-refractivity contribution in [1.82, 2.24) is 10.6 Å². The molecule has 7 heteroatoms. The standard InChI is InChI=1S/C15H20Cl2N2O3/c1-21-9-14(20)19-8-11-7-18-4-5-22-15(11)10-2-3-12(16)13(17)6-10/h2-3,6,11,15,18H,4-5,7-9H2,1H3,(H,19,20)/t11-,15+/m1/s1. The molecule has 1 amide bonds. The van der Waals surface area contributed by atoms with Gasteiger partial charge in [-0.25, -0.2) is 0 Å². The molecule has 22 heavy (non-hydrogen) atoms. The average Bonchev–Trinajstić information content (AvgIpc) is 2.74. The largest absolute Gasteiger partial charge is 0.375 e. The van der Waals surface area contributed by atoms with Crippen LogP contribution in [0.15, 0.2) is 18.2 Å². The molecule has 1 aromatic carbocycles. The molecule has 5 nitrogen and oxygen atoms in total. The summed E-state index contributed by atoms with van der Waals surface area (Å²) in [7, 11) is 1.49. The molecule has 2 N–H and O–H groups in total. The maximum atomic E-state index is 11.6. The molecule has 1 fully saturated rings. The Hall–Kier alpha value is -0.850. The van der Waals surface area contributed by atoms with E-state index in [0.717, 1.165) is 18.7 Å². The molecule has 0 unspecified atom stereocenters. The number of amides is 1. The van der Waals surface area contributed by atoms with Crippen LogP contribution in [-0.4, -0.2) is 45.9 Å². The molecule has 1 saturated heterocycles. The lowest BCUT2D eigenvalue weighted by atomic mass is 9.95. The van der Waals surface area contributed by atoms with E-state index in [-0.39, 0.29) is 24.5 Å². The van der Waals surface area contributed by atoms with Crippen LogP contribution in [0, 0.1) is 5.92 Å². The molecule has 122 valence electrons. The third-order valence-corrected chi connectivity index (χ3v) is 4.26. The van der Waals surface area contributed by atoms with Crippen LogP contribution in [-0.2, 0) is 14.3 Å². The van der Waals surface area contributed by atoms with Gasteiger partial charge in [0.2, 0.25) is 5.91 Å². The minimum absolute atomic E-state index is 0.0540. The summed E-state index contributed by atoms with van der Waals surface area (Å²) in [5, 5.41) is 7.19. The lowest BCUT2D eigenvalue weighted by Crippen LogP contribution is -2.37. The summed E-state index contributed by atoms with van der Waals surface area (Å²) in [4.78, 5) is 11.6. The van der Waals surface area contributed by atoms with Gasteiger partial charge < -0.3 is 20.1 Å². The number of rotatable bonds is 5. The van der Waals surface area contributed by atoms with Crippen LogP contribution in [0.2, 0.25) is 10.0 Å². The molecule has 0 bridgehead atoms. The van der Waals surface area contributed by atoms with Gasteiger partial charge >= 0.3 is 0 Å². The maximum absolute atomic E-state index is 11.6. The predicted octanol–water partition coefficient (Wildman–Crippen LogP) is 2.03. The smallest absolute Gasteiger partial charge is 0.245 e. The quantitative estimate of drug-likeness (QED) is 0.856. The second-order valence-corrected chi connectivity index (χ2v) is 5.98. The van der Waals surface area contributed by atoms with Crippen molar-refractivity contribution in [2.75, 3.05) is 40.0 Å². The Morgan fingerprint density at radius 3 is 3.00 bits per heavy atom. The van der Waals surface area contributed by atoms with Crippen molar-refractivity contribution in [3.8, 4) is 0 Å². The Kier molecular flexibility index (Phi) is 6.92. The van der Waals surface area contributed by atoms with Gasteiger partial charge in [0.1, 0.15) is 6.61 Å². The van der Waals surface area contributed by atoms with E-state index in [1.54, 1.807) is 6.07 Å². The normalized spacial score (nSPS) is 22.1. The average molecular weight is 347 g/mol. The van der Waals surface area contributed by atoms with Crippen LogP contribution >= 0.6 is 23.2 Å². The summed E-state index contributed by atoms with van der Waals surface area (Å²) in [5.74, 6) is -0.0415. The van der Waals surface area contributed by atoms with Gasteiger partial charge in [-0.1, -0.05) is 29.3 Å². The Morgan fingerprint density at radius 2 is 2.27 bits per heavy atom. The number of nitrogens with one attached hydrogen (secondary N) is 2. The van der Waals surface area contributed by atoms with E-state index in [0.29, 0.717) is 23.2 Å². The molecule has 0 radical (unpaired) electrons. The van der Waals surface area contributed by atoms with Gasteiger partial charge in [-0.15, -0.1) is 0 Å². The van der Waals surface area contributed by atoms with Crippen molar-refractivity contribution < 1.29 is 14.3 Å². The molecule has 2 atom stereocenters. The minimum Gasteiger partial charge on any atom is -0.375 e. The zero-order valence-corrected chi connectivity index (χ0v) is 13.9. The lowest BCUT2D eigenvalue weighted by Gasteiger charge is -2.25. The summed E-state index contributed by atoms with van der Waals surface area (Å²) in [6.07, 6.45) is -0.146. The Morgan fingerprint density at radius 1 is 1.45 bits per heavy atom. The molecule has 1 aliphatic heterocycles. The van der Waals surface area contributed by atoms with E-state index in [9.17, 15) is 4.79 Å². The number of hydrogen-bond acceptors (Lipinski definition) is 4. The fraction of sp³-hybridized carbons (Fsp3) is 0.533. The summed E-state index contributed by atoms with van der Waals surface area (Å²) in [6.45, 7) is 2.69. The fourth-order valence-corrected chi connectivity index (χ4v) is 2.76. The van der Waals surface area contributed by atoms with E-state index >= 15 is 0 Å². The van der Waals surface area contributed by atoms with Crippen molar-refractivity contribution in [3.63, 3.8) is 0 Å². The predicted molar refractivity (Wildman–Crippen MR) is 86.4 cm³/mol. The van der Waals surface area contributed by atoms with Crippen molar-refractivity contribution in [1.29, 1.82) is 0 Å². The van der Waals surface area contributed by atoms with Crippen LogP contribution in [0.1, 0.15) is 11.7 Å². The highest BCUT2D eigenvalue weighted by atomic mass is 35.5. The molecular formula is C15H20Cl2N2O3. The highest BCUT2D eigenvalue weighted by Crippen LogP contribution is 2.31. The summed E-state index contributed by atoms with van der Waals surface area (Å²) in [5.41, 5.74) is 0.962. The van der Waals surface area contributed by atoms with Gasteiger partial charge in [0.25, 0.3) is 0 Å². The third kappa shape index (κ3) is 4.83. The van der Waals surface area contributed by atoms with Crippen LogP contribution in [0.25, 0.3) is 0 Å². The zero-order chi connectivity index (χ0) is 15.9. The molecule has 0 saturated carbocycles. The van der Waals surface area contributed by atoms with E-state index in [2.05, 4.69) is 10.6 Å². The molecule has 0 aromatic heterocycles. The fourth-order valence-electron chi connectivity index (χ4n) is 2.45. The van der Waals surface area contributed by atoms with Crippen LogP contribution < -0.4 is 10.6 Å². The Labute approximate surface area is 140 Å². The second-order valence-electron chi connectivity index (χ2n) is 5.17. The maximum Gasteiger partial charge on any atom is 0.245 e. The number of methoxy groups -OCH3 is 1. The van der Waals surface area contributed by atoms with Crippen LogP contribution in [0.3, 0.4) is 0 Å². The second kappa shape index (κ2) is 8.70. The highest BCUT2D eigenvalue weighted by Gasteiger charge is 2.27. The van der Waals surface area contributed by atoms with E-state index < -0.39 is 0 Å². The van der Waals surface area contributed by atoms with E-state index in [4.69, 9.17) is 32.7 Å². The van der Waals surface area contributed by atoms with E-state index in [1.165, 1.54) is 7.11 Å². The first-order valence-electron chi connectivity index (χ1n) is 7.14. The number of hydrogen-bond donors (Lipinski definition) is 2. The molecule has 2 rings (SSSR count). The van der Waals surface area contributed by atoms with Gasteiger partial charge in [-0.2, -0.15) is 0 Å². The van der Waals surface area contributed by atoms with Gasteiger partial charge in [-0.05, 0) is 17.7 Å². The molecule has 0 spiro atoms. The first-order chi connectivity index (χ1) is 10.6. The topological polar surface area (TPSA) is 59.6 Å². The molecule has 0 aliphatic carbocycles. The van der Waals surface area contributed by atoms with Crippen molar-refractivity contribution in [2.45, 2.75) is 6.10 Å². The Bertz CT molecular complexity index is 514. The minimum atomic E-state index is -0.146. The summed E-state index contributed by atoms with van der Waals surface area (Å²) < 4.78 is 10.8. The van der Waals surface area contributed by atoms with Crippen LogP contribution in [0.5, 0.6) is 0 Å². The number of carbonyl (C=O) groups is 1. The lowest BCUT2D eigenvalue weighted by molar-refractivity contribution is -0.125. The van der Waals surface area contributed by atoms with Gasteiger partial charge in [-0.3, -0.25) is 4.79 Å². The molecule has 1 heterocycles. The van der Waals surface area contributed by atoms with Gasteiger partial charge in [0, 0.05) is 32.7 Å². The highest BCUT2D eigenvalue weighted by molar-refractivity contribution is 6.42. The monoisotopic (exact) mass is 346 g/mol. The van der Waals surface area contributed by atoms with Crippen molar-refractivity contribution in [2.24, 2.45) is 5.92 Å². The number of benzene rings is 1. The number of carbonyl (C=O) groups excluding carboxylic acids is 1. The SMILES string of the molecule is COCC(=O)NC[C@H]1CNCCO[C@H]1c1ccc(Cl)c(Cl)c1. The molecule has 1 aromatic rings. The third-order valence-electron chi connectivity index (χ3n) is 3.52. The van der Waals surface area contributed by atoms with Crippen molar-refractivity contribution in [3.05, 3.63) is 33.8 Å². The molecule has 1 aliphatic rings. The van der Waals surface area contributed by atoms with E-state index in [1.807, 2.05) is 12.1 Å². The molecular weight excluding hydrogens is 327 g/mol. The first kappa shape index (κ1) is 17.5.